The molecule has 1 aromatic carbocycles. The number of ether oxygens (including phenoxy) is 2. The Bertz CT molecular complexity index is 370. The summed E-state index contributed by atoms with van der Waals surface area (Å²) in [5.41, 5.74) is 1.04. The second-order valence-electron chi connectivity index (χ2n) is 3.95. The molecule has 0 radical (unpaired) electrons. The minimum Gasteiger partial charge on any atom is -0.376 e. The zero-order chi connectivity index (χ0) is 12.1. The molecule has 1 saturated heterocycles. The van der Waals surface area contributed by atoms with Crippen molar-refractivity contribution in [2.75, 3.05) is 26.4 Å². The molecule has 0 spiro atoms. The lowest BCUT2D eigenvalue weighted by atomic mass is 10.2. The first-order valence-electron chi connectivity index (χ1n) is 5.59. The molecular weight excluding hydrogens is 289 g/mol. The number of nitrogens with one attached hydrogen (secondary N) is 1. The van der Waals surface area contributed by atoms with Crippen molar-refractivity contribution in [3.05, 3.63) is 34.1 Å². The molecule has 1 aromatic rings. The van der Waals surface area contributed by atoms with Gasteiger partial charge in [-0.15, -0.1) is 0 Å². The van der Waals surface area contributed by atoms with Crippen LogP contribution in [0.1, 0.15) is 5.56 Å². The number of rotatable bonds is 4. The Morgan fingerprint density at radius 3 is 3.00 bits per heavy atom. The molecule has 0 amide bonds. The van der Waals surface area contributed by atoms with E-state index >= 15 is 0 Å². The van der Waals surface area contributed by atoms with E-state index in [4.69, 9.17) is 9.47 Å². The molecule has 1 fully saturated rings. The first-order chi connectivity index (χ1) is 8.25. The fourth-order valence-electron chi connectivity index (χ4n) is 1.68. The summed E-state index contributed by atoms with van der Waals surface area (Å²) in [5.74, 6) is -0.238. The number of hydrogen-bond acceptors (Lipinski definition) is 3. The predicted molar refractivity (Wildman–Crippen MR) is 66.4 cm³/mol. The van der Waals surface area contributed by atoms with Gasteiger partial charge in [-0.05, 0) is 33.6 Å². The van der Waals surface area contributed by atoms with E-state index in [2.05, 4.69) is 21.2 Å². The molecule has 0 aromatic heterocycles. The average Bonchev–Trinajstić information content (AvgIpc) is 2.35. The first-order valence-corrected chi connectivity index (χ1v) is 6.39. The Morgan fingerprint density at radius 2 is 2.29 bits per heavy atom. The van der Waals surface area contributed by atoms with E-state index in [0.29, 0.717) is 30.8 Å². The molecule has 0 saturated carbocycles. The highest BCUT2D eigenvalue weighted by Crippen LogP contribution is 2.16. The van der Waals surface area contributed by atoms with E-state index in [1.54, 1.807) is 12.1 Å². The third-order valence-corrected chi connectivity index (χ3v) is 3.18. The van der Waals surface area contributed by atoms with Gasteiger partial charge < -0.3 is 14.8 Å². The van der Waals surface area contributed by atoms with E-state index < -0.39 is 0 Å². The monoisotopic (exact) mass is 303 g/mol. The maximum atomic E-state index is 13.0. The highest BCUT2D eigenvalue weighted by molar-refractivity contribution is 9.10. The van der Waals surface area contributed by atoms with Gasteiger partial charge in [0.1, 0.15) is 5.82 Å². The smallest absolute Gasteiger partial charge is 0.137 e. The zero-order valence-corrected chi connectivity index (χ0v) is 11.0. The first kappa shape index (κ1) is 13.0. The van der Waals surface area contributed by atoms with Crippen molar-refractivity contribution in [1.29, 1.82) is 0 Å². The van der Waals surface area contributed by atoms with Gasteiger partial charge in [0.15, 0.2) is 0 Å². The average molecular weight is 304 g/mol. The lowest BCUT2D eigenvalue weighted by molar-refractivity contribution is -0.0864. The van der Waals surface area contributed by atoms with Crippen molar-refractivity contribution in [1.82, 2.24) is 5.32 Å². The van der Waals surface area contributed by atoms with E-state index in [1.807, 2.05) is 0 Å². The summed E-state index contributed by atoms with van der Waals surface area (Å²) >= 11 is 3.17. The summed E-state index contributed by atoms with van der Waals surface area (Å²) in [7, 11) is 0. The highest BCUT2D eigenvalue weighted by Gasteiger charge is 2.13. The lowest BCUT2D eigenvalue weighted by Crippen LogP contribution is -2.37. The number of benzene rings is 1. The van der Waals surface area contributed by atoms with Crippen LogP contribution in [0.2, 0.25) is 0 Å². The lowest BCUT2D eigenvalue weighted by Gasteiger charge is -2.23. The van der Waals surface area contributed by atoms with E-state index in [9.17, 15) is 4.39 Å². The fraction of sp³-hybridized carbons (Fsp3) is 0.500. The van der Waals surface area contributed by atoms with E-state index in [-0.39, 0.29) is 11.9 Å². The molecule has 1 heterocycles. The van der Waals surface area contributed by atoms with Crippen molar-refractivity contribution in [3.8, 4) is 0 Å². The molecule has 1 aliphatic rings. The van der Waals surface area contributed by atoms with Crippen LogP contribution in [0.3, 0.4) is 0 Å². The van der Waals surface area contributed by atoms with Crippen molar-refractivity contribution < 1.29 is 13.9 Å². The Labute approximate surface area is 108 Å². The maximum absolute atomic E-state index is 13.0. The summed E-state index contributed by atoms with van der Waals surface area (Å²) in [6.07, 6.45) is 0.118. The van der Waals surface area contributed by atoms with Crippen LogP contribution in [0.5, 0.6) is 0 Å². The van der Waals surface area contributed by atoms with Gasteiger partial charge in [0.2, 0.25) is 0 Å². The van der Waals surface area contributed by atoms with Gasteiger partial charge in [-0.3, -0.25) is 0 Å². The molecule has 94 valence electrons. The van der Waals surface area contributed by atoms with Crippen LogP contribution >= 0.6 is 15.9 Å². The van der Waals surface area contributed by atoms with E-state index in [0.717, 1.165) is 12.1 Å². The Morgan fingerprint density at radius 1 is 1.41 bits per heavy atom. The second-order valence-corrected chi connectivity index (χ2v) is 4.80. The largest absolute Gasteiger partial charge is 0.376 e. The Hall–Kier alpha value is -0.490. The molecule has 0 bridgehead atoms. The van der Waals surface area contributed by atoms with Crippen molar-refractivity contribution in [3.63, 3.8) is 0 Å². The highest BCUT2D eigenvalue weighted by atomic mass is 79.9. The van der Waals surface area contributed by atoms with Gasteiger partial charge in [0.05, 0.1) is 30.4 Å². The number of hydrogen-bond donors (Lipinski definition) is 1. The van der Waals surface area contributed by atoms with Crippen LogP contribution in [0, 0.1) is 5.82 Å². The van der Waals surface area contributed by atoms with Crippen molar-refractivity contribution in [2.45, 2.75) is 12.6 Å². The normalized spacial score (nSPS) is 20.5. The second kappa shape index (κ2) is 6.44. The number of halogens is 2. The summed E-state index contributed by atoms with van der Waals surface area (Å²) in [6, 6.07) is 5.01. The summed E-state index contributed by atoms with van der Waals surface area (Å²) in [5, 5.41) is 3.27. The van der Waals surface area contributed by atoms with E-state index in [1.165, 1.54) is 6.07 Å². The molecule has 2 rings (SSSR count). The minimum absolute atomic E-state index is 0.118. The van der Waals surface area contributed by atoms with Crippen LogP contribution in [0.15, 0.2) is 22.7 Å². The molecule has 0 aliphatic carbocycles. The van der Waals surface area contributed by atoms with Gasteiger partial charge in [-0.2, -0.15) is 0 Å². The van der Waals surface area contributed by atoms with Gasteiger partial charge in [-0.1, -0.05) is 6.07 Å². The predicted octanol–water partition coefficient (Wildman–Crippen LogP) is 2.09. The molecule has 1 aliphatic heterocycles. The topological polar surface area (TPSA) is 30.5 Å². The molecular formula is C12H15BrFNO2. The zero-order valence-electron chi connectivity index (χ0n) is 9.42. The minimum atomic E-state index is -0.238. The van der Waals surface area contributed by atoms with Crippen molar-refractivity contribution >= 4 is 15.9 Å². The quantitative estimate of drug-likeness (QED) is 0.924. The summed E-state index contributed by atoms with van der Waals surface area (Å²) in [6.45, 7) is 3.42. The SMILES string of the molecule is Fc1ccc(CNCC2COCCO2)cc1Br. The summed E-state index contributed by atoms with van der Waals surface area (Å²) < 4.78 is 24.3. The summed E-state index contributed by atoms with van der Waals surface area (Å²) in [4.78, 5) is 0. The Kier molecular flexibility index (Phi) is 4.91. The fourth-order valence-corrected chi connectivity index (χ4v) is 2.11. The molecule has 5 heteroatoms. The maximum Gasteiger partial charge on any atom is 0.137 e. The van der Waals surface area contributed by atoms with Crippen LogP contribution < -0.4 is 5.32 Å². The van der Waals surface area contributed by atoms with Gasteiger partial charge in [0.25, 0.3) is 0 Å². The van der Waals surface area contributed by atoms with Gasteiger partial charge in [-0.25, -0.2) is 4.39 Å². The molecule has 1 unspecified atom stereocenters. The molecule has 1 N–H and O–H groups in total. The molecule has 17 heavy (non-hydrogen) atoms. The van der Waals surface area contributed by atoms with Gasteiger partial charge in [0, 0.05) is 13.1 Å². The molecule has 3 nitrogen and oxygen atoms in total. The van der Waals surface area contributed by atoms with Gasteiger partial charge >= 0.3 is 0 Å². The van der Waals surface area contributed by atoms with Crippen molar-refractivity contribution in [2.24, 2.45) is 0 Å². The van der Waals surface area contributed by atoms with Crippen LogP contribution in [0.4, 0.5) is 4.39 Å². The third-order valence-electron chi connectivity index (χ3n) is 2.57. The third kappa shape index (κ3) is 4.03. The van der Waals surface area contributed by atoms with Crippen LogP contribution in [-0.2, 0) is 16.0 Å². The Balaban J connectivity index is 1.75. The van der Waals surface area contributed by atoms with Crippen LogP contribution in [0.25, 0.3) is 0 Å². The standard InChI is InChI=1S/C12H15BrFNO2/c13-11-5-9(1-2-12(11)14)6-15-7-10-8-16-3-4-17-10/h1-2,5,10,15H,3-4,6-8H2. The van der Waals surface area contributed by atoms with Crippen LogP contribution in [-0.4, -0.2) is 32.5 Å². The molecule has 1 atom stereocenters.